The molecule has 0 aliphatic rings. The topological polar surface area (TPSA) is 48.1 Å². The zero-order valence-electron chi connectivity index (χ0n) is 12.6. The van der Waals surface area contributed by atoms with E-state index in [9.17, 15) is 0 Å². The number of thiazole rings is 1. The molecule has 0 aliphatic carbocycles. The van der Waals surface area contributed by atoms with Gasteiger partial charge in [0.15, 0.2) is 0 Å². The Morgan fingerprint density at radius 1 is 1.30 bits per heavy atom. The fourth-order valence-corrected chi connectivity index (χ4v) is 2.81. The van der Waals surface area contributed by atoms with Gasteiger partial charge >= 0.3 is 0 Å². The predicted molar refractivity (Wildman–Crippen MR) is 84.4 cm³/mol. The van der Waals surface area contributed by atoms with Crippen LogP contribution in [0, 0.1) is 13.8 Å². The van der Waals surface area contributed by atoms with Crippen LogP contribution in [0.1, 0.15) is 35.7 Å². The van der Waals surface area contributed by atoms with Gasteiger partial charge in [-0.05, 0) is 44.9 Å². The highest BCUT2D eigenvalue weighted by atomic mass is 32.1. The van der Waals surface area contributed by atoms with Gasteiger partial charge in [0.05, 0.1) is 22.8 Å². The second-order valence-corrected chi connectivity index (χ2v) is 6.59. The van der Waals surface area contributed by atoms with Crippen molar-refractivity contribution in [1.82, 2.24) is 4.98 Å². The fraction of sp³-hybridized carbons (Fsp3) is 0.438. The summed E-state index contributed by atoms with van der Waals surface area (Å²) in [6, 6.07) is 6.13. The van der Waals surface area contributed by atoms with Crippen LogP contribution in [0.2, 0.25) is 0 Å². The van der Waals surface area contributed by atoms with Crippen molar-refractivity contribution in [2.75, 3.05) is 6.61 Å². The zero-order chi connectivity index (χ0) is 14.8. The Morgan fingerprint density at radius 3 is 2.70 bits per heavy atom. The van der Waals surface area contributed by atoms with Crippen molar-refractivity contribution in [2.45, 2.75) is 39.7 Å². The Hall–Kier alpha value is -1.39. The van der Waals surface area contributed by atoms with Crippen LogP contribution in [-0.2, 0) is 12.0 Å². The molecular weight excluding hydrogens is 268 g/mol. The summed E-state index contributed by atoms with van der Waals surface area (Å²) >= 11 is 1.65. The largest absolute Gasteiger partial charge is 0.493 e. The van der Waals surface area contributed by atoms with Crippen molar-refractivity contribution in [1.29, 1.82) is 0 Å². The summed E-state index contributed by atoms with van der Waals surface area (Å²) in [4.78, 5) is 4.57. The third kappa shape index (κ3) is 3.58. The number of ether oxygens (including phenoxy) is 1. The summed E-state index contributed by atoms with van der Waals surface area (Å²) in [5.41, 5.74) is 9.07. The molecular formula is C16H22N2OS. The van der Waals surface area contributed by atoms with Crippen molar-refractivity contribution in [3.8, 4) is 5.75 Å². The molecule has 4 heteroatoms. The molecule has 2 aromatic rings. The molecule has 0 spiro atoms. The first kappa shape index (κ1) is 15.0. The summed E-state index contributed by atoms with van der Waals surface area (Å²) in [7, 11) is 0. The summed E-state index contributed by atoms with van der Waals surface area (Å²) in [5, 5.41) is 3.11. The lowest BCUT2D eigenvalue weighted by Crippen LogP contribution is -2.29. The third-order valence-corrected chi connectivity index (χ3v) is 4.25. The highest BCUT2D eigenvalue weighted by Crippen LogP contribution is 2.22. The van der Waals surface area contributed by atoms with E-state index < -0.39 is 0 Å². The highest BCUT2D eigenvalue weighted by Gasteiger charge is 2.17. The maximum absolute atomic E-state index is 6.04. The van der Waals surface area contributed by atoms with Crippen LogP contribution in [-0.4, -0.2) is 11.6 Å². The summed E-state index contributed by atoms with van der Waals surface area (Å²) in [6.07, 6.45) is 0.814. The molecule has 108 valence electrons. The van der Waals surface area contributed by atoms with Gasteiger partial charge in [0.2, 0.25) is 0 Å². The van der Waals surface area contributed by atoms with E-state index in [4.69, 9.17) is 10.5 Å². The number of nitrogens with zero attached hydrogens (tertiary/aromatic N) is 1. The molecule has 0 unspecified atom stereocenters. The van der Waals surface area contributed by atoms with Gasteiger partial charge in [0.25, 0.3) is 0 Å². The Kier molecular flexibility index (Phi) is 4.45. The Morgan fingerprint density at radius 2 is 2.05 bits per heavy atom. The SMILES string of the molecule is Cc1cccc(OCCc2nc(C(C)(C)N)cs2)c1C. The van der Waals surface area contributed by atoms with E-state index in [0.717, 1.165) is 22.9 Å². The van der Waals surface area contributed by atoms with Crippen LogP contribution in [0.5, 0.6) is 5.75 Å². The lowest BCUT2D eigenvalue weighted by atomic mass is 10.0. The quantitative estimate of drug-likeness (QED) is 0.915. The maximum atomic E-state index is 6.04. The Labute approximate surface area is 124 Å². The number of rotatable bonds is 5. The van der Waals surface area contributed by atoms with Crippen molar-refractivity contribution in [3.63, 3.8) is 0 Å². The number of aromatic nitrogens is 1. The minimum atomic E-state index is -0.372. The maximum Gasteiger partial charge on any atom is 0.122 e. The van der Waals surface area contributed by atoms with Gasteiger partial charge in [-0.3, -0.25) is 0 Å². The van der Waals surface area contributed by atoms with Crippen LogP contribution in [0.25, 0.3) is 0 Å². The zero-order valence-corrected chi connectivity index (χ0v) is 13.4. The van der Waals surface area contributed by atoms with E-state index >= 15 is 0 Å². The van der Waals surface area contributed by atoms with Crippen molar-refractivity contribution >= 4 is 11.3 Å². The number of aryl methyl sites for hydroxylation is 1. The lowest BCUT2D eigenvalue weighted by molar-refractivity contribution is 0.319. The lowest BCUT2D eigenvalue weighted by Gasteiger charge is -2.14. The molecule has 2 N–H and O–H groups in total. The molecule has 0 aliphatic heterocycles. The van der Waals surface area contributed by atoms with Gasteiger partial charge in [-0.2, -0.15) is 0 Å². The molecule has 0 saturated heterocycles. The molecule has 1 aromatic carbocycles. The van der Waals surface area contributed by atoms with Crippen LogP contribution in [0.3, 0.4) is 0 Å². The number of hydrogen-bond acceptors (Lipinski definition) is 4. The summed E-state index contributed by atoms with van der Waals surface area (Å²) in [5.74, 6) is 0.959. The van der Waals surface area contributed by atoms with Gasteiger partial charge in [-0.25, -0.2) is 4.98 Å². The van der Waals surface area contributed by atoms with E-state index in [1.807, 2.05) is 31.4 Å². The van der Waals surface area contributed by atoms with Gasteiger partial charge in [-0.15, -0.1) is 11.3 Å². The summed E-state index contributed by atoms with van der Waals surface area (Å²) in [6.45, 7) is 8.76. The number of benzene rings is 1. The minimum absolute atomic E-state index is 0.372. The molecule has 0 radical (unpaired) electrons. The predicted octanol–water partition coefficient (Wildman–Crippen LogP) is 3.58. The molecule has 20 heavy (non-hydrogen) atoms. The third-order valence-electron chi connectivity index (χ3n) is 3.34. The average molecular weight is 290 g/mol. The van der Waals surface area contributed by atoms with E-state index in [1.165, 1.54) is 11.1 Å². The highest BCUT2D eigenvalue weighted by molar-refractivity contribution is 7.09. The second kappa shape index (κ2) is 5.94. The number of hydrogen-bond donors (Lipinski definition) is 1. The molecule has 0 fully saturated rings. The first-order valence-corrected chi connectivity index (χ1v) is 7.68. The molecule has 0 bridgehead atoms. The van der Waals surface area contributed by atoms with Gasteiger partial charge in [0.1, 0.15) is 5.75 Å². The van der Waals surface area contributed by atoms with Crippen LogP contribution in [0.15, 0.2) is 23.6 Å². The average Bonchev–Trinajstić information content (AvgIpc) is 2.83. The summed E-state index contributed by atoms with van der Waals surface area (Å²) < 4.78 is 5.85. The van der Waals surface area contributed by atoms with Crippen molar-refractivity contribution in [3.05, 3.63) is 45.4 Å². The second-order valence-electron chi connectivity index (χ2n) is 5.64. The molecule has 3 nitrogen and oxygen atoms in total. The normalized spacial score (nSPS) is 11.7. The van der Waals surface area contributed by atoms with Crippen molar-refractivity contribution in [2.24, 2.45) is 5.73 Å². The first-order chi connectivity index (χ1) is 9.38. The first-order valence-electron chi connectivity index (χ1n) is 6.80. The van der Waals surface area contributed by atoms with Crippen LogP contribution < -0.4 is 10.5 Å². The van der Waals surface area contributed by atoms with E-state index in [2.05, 4.69) is 24.9 Å². The standard InChI is InChI=1S/C16H22N2OS/c1-11-6-5-7-13(12(11)2)19-9-8-15-18-14(10-20-15)16(3,4)17/h5-7,10H,8-9,17H2,1-4H3. The van der Waals surface area contributed by atoms with Crippen LogP contribution in [0.4, 0.5) is 0 Å². The van der Waals surface area contributed by atoms with E-state index in [1.54, 1.807) is 11.3 Å². The smallest absolute Gasteiger partial charge is 0.122 e. The van der Waals surface area contributed by atoms with Gasteiger partial charge in [-0.1, -0.05) is 12.1 Å². The van der Waals surface area contributed by atoms with Gasteiger partial charge in [0, 0.05) is 11.8 Å². The van der Waals surface area contributed by atoms with Crippen LogP contribution >= 0.6 is 11.3 Å². The number of nitrogens with two attached hydrogens (primary N) is 1. The van der Waals surface area contributed by atoms with E-state index in [-0.39, 0.29) is 5.54 Å². The molecule has 1 aromatic heterocycles. The molecule has 1 heterocycles. The van der Waals surface area contributed by atoms with Gasteiger partial charge < -0.3 is 10.5 Å². The van der Waals surface area contributed by atoms with Crippen molar-refractivity contribution < 1.29 is 4.74 Å². The molecule has 0 amide bonds. The minimum Gasteiger partial charge on any atom is -0.493 e. The monoisotopic (exact) mass is 290 g/mol. The molecule has 0 saturated carbocycles. The molecule has 0 atom stereocenters. The Bertz CT molecular complexity index is 584. The molecule has 2 rings (SSSR count). The fourth-order valence-electron chi connectivity index (χ4n) is 1.85. The Balaban J connectivity index is 1.93. The van der Waals surface area contributed by atoms with E-state index in [0.29, 0.717) is 6.61 Å².